The summed E-state index contributed by atoms with van der Waals surface area (Å²) in [6.45, 7) is 0. The number of aromatic amines is 1. The molecule has 64 valence electrons. The van der Waals surface area contributed by atoms with Gasteiger partial charge in [0.15, 0.2) is 23.4 Å². The first-order chi connectivity index (χ1) is 5.59. The van der Waals surface area contributed by atoms with Crippen molar-refractivity contribution in [2.45, 2.75) is 0 Å². The van der Waals surface area contributed by atoms with Gasteiger partial charge in [-0.3, -0.25) is 5.41 Å². The first-order valence-electron chi connectivity index (χ1n) is 3.08. The molecule has 0 aliphatic rings. The van der Waals surface area contributed by atoms with Crippen LogP contribution in [0.5, 0.6) is 0 Å². The minimum Gasteiger partial charge on any atom is -0.381 e. The predicted octanol–water partition coefficient (Wildman–Crippen LogP) is -1.40. The van der Waals surface area contributed by atoms with Crippen molar-refractivity contribution in [1.82, 2.24) is 9.97 Å². The van der Waals surface area contributed by atoms with Gasteiger partial charge in [-0.05, 0) is 0 Å². The number of nitrogens with two attached hydrogens (primary N) is 3. The van der Waals surface area contributed by atoms with E-state index in [9.17, 15) is 0 Å². The van der Waals surface area contributed by atoms with E-state index in [4.69, 9.17) is 22.6 Å². The van der Waals surface area contributed by atoms with Crippen LogP contribution in [0.25, 0.3) is 0 Å². The van der Waals surface area contributed by atoms with E-state index in [2.05, 4.69) is 15.0 Å². The Balaban J connectivity index is 2.92. The Morgan fingerprint density at radius 2 is 2.17 bits per heavy atom. The van der Waals surface area contributed by atoms with Gasteiger partial charge < -0.3 is 22.2 Å². The van der Waals surface area contributed by atoms with Crippen LogP contribution >= 0.6 is 0 Å². The highest BCUT2D eigenvalue weighted by molar-refractivity contribution is 5.91. The number of aliphatic imine (C=N–C) groups is 1. The summed E-state index contributed by atoms with van der Waals surface area (Å²) >= 11 is 0. The lowest BCUT2D eigenvalue weighted by atomic mass is 10.6. The molecule has 1 rings (SSSR count). The number of aromatic nitrogens is 2. The van der Waals surface area contributed by atoms with Gasteiger partial charge in [0.1, 0.15) is 0 Å². The number of H-pyrrole nitrogens is 1. The number of hydrogen-bond acceptors (Lipinski definition) is 3. The first-order valence-corrected chi connectivity index (χ1v) is 3.08. The number of guanidine groups is 1. The lowest BCUT2D eigenvalue weighted by Gasteiger charge is -1.89. The van der Waals surface area contributed by atoms with E-state index in [1.54, 1.807) is 0 Å². The summed E-state index contributed by atoms with van der Waals surface area (Å²) in [7, 11) is 0. The van der Waals surface area contributed by atoms with E-state index in [0.717, 1.165) is 0 Å². The number of nitrogens with zero attached hydrogens (tertiary/aromatic N) is 2. The van der Waals surface area contributed by atoms with Crippen LogP contribution in [-0.4, -0.2) is 21.8 Å². The summed E-state index contributed by atoms with van der Waals surface area (Å²) in [4.78, 5) is 10.0. The summed E-state index contributed by atoms with van der Waals surface area (Å²) in [6, 6.07) is 0. The Morgan fingerprint density at radius 1 is 1.50 bits per heavy atom. The molecule has 0 spiro atoms. The monoisotopic (exact) mass is 167 g/mol. The molecule has 1 heterocycles. The average molecular weight is 167 g/mol. The molecule has 0 saturated heterocycles. The fourth-order valence-corrected chi connectivity index (χ4v) is 0.644. The summed E-state index contributed by atoms with van der Waals surface area (Å²) in [6.07, 6.45) is 1.39. The fourth-order valence-electron chi connectivity index (χ4n) is 0.644. The number of imidazole rings is 1. The van der Waals surface area contributed by atoms with E-state index in [1.165, 1.54) is 6.20 Å². The second-order valence-electron chi connectivity index (χ2n) is 2.07. The van der Waals surface area contributed by atoms with Gasteiger partial charge in [-0.25, -0.2) is 4.98 Å². The molecule has 0 fully saturated rings. The number of nitrogen functional groups attached to an aromatic ring is 1. The van der Waals surface area contributed by atoms with Gasteiger partial charge in [-0.15, -0.1) is 0 Å². The molecule has 12 heavy (non-hydrogen) atoms. The van der Waals surface area contributed by atoms with Crippen molar-refractivity contribution in [3.63, 3.8) is 0 Å². The Morgan fingerprint density at radius 3 is 2.58 bits per heavy atom. The smallest absolute Gasteiger partial charge is 0.192 e. The van der Waals surface area contributed by atoms with Crippen LogP contribution in [0.1, 0.15) is 5.82 Å². The van der Waals surface area contributed by atoms with E-state index in [1.807, 2.05) is 0 Å². The summed E-state index contributed by atoms with van der Waals surface area (Å²) < 4.78 is 0. The second-order valence-corrected chi connectivity index (χ2v) is 2.07. The number of hydrogen-bond donors (Lipinski definition) is 5. The van der Waals surface area contributed by atoms with Crippen molar-refractivity contribution in [3.8, 4) is 0 Å². The quantitative estimate of drug-likeness (QED) is 0.272. The molecule has 1 aromatic heterocycles. The fraction of sp³-hybridized carbons (Fsp3) is 0. The Bertz CT molecular complexity index is 318. The highest BCUT2D eigenvalue weighted by Crippen LogP contribution is 2.05. The van der Waals surface area contributed by atoms with Gasteiger partial charge >= 0.3 is 0 Å². The first kappa shape index (κ1) is 8.05. The molecular formula is C5H9N7. The molecule has 0 atom stereocenters. The van der Waals surface area contributed by atoms with E-state index in [0.29, 0.717) is 5.82 Å². The molecule has 0 amide bonds. The van der Waals surface area contributed by atoms with Gasteiger partial charge in [0.2, 0.25) is 0 Å². The molecule has 0 saturated carbocycles. The summed E-state index contributed by atoms with van der Waals surface area (Å²) in [5.74, 6) is 0.385. The molecule has 7 heteroatoms. The van der Waals surface area contributed by atoms with Gasteiger partial charge in [-0.2, -0.15) is 4.99 Å². The molecular weight excluding hydrogens is 158 g/mol. The van der Waals surface area contributed by atoms with Gasteiger partial charge in [0.05, 0.1) is 6.20 Å². The number of nitrogens with one attached hydrogen (secondary N) is 2. The van der Waals surface area contributed by atoms with Crippen LogP contribution < -0.4 is 17.2 Å². The van der Waals surface area contributed by atoms with Crippen molar-refractivity contribution in [3.05, 3.63) is 12.0 Å². The van der Waals surface area contributed by atoms with Crippen LogP contribution in [0, 0.1) is 5.41 Å². The lowest BCUT2D eigenvalue weighted by molar-refractivity contribution is 1.21. The van der Waals surface area contributed by atoms with Crippen molar-refractivity contribution in [1.29, 1.82) is 5.41 Å². The summed E-state index contributed by atoms with van der Waals surface area (Å²) in [5.41, 5.74) is 15.3. The Hall–Kier alpha value is -2.05. The highest BCUT2D eigenvalue weighted by Gasteiger charge is 2.00. The van der Waals surface area contributed by atoms with Crippen molar-refractivity contribution in [2.24, 2.45) is 22.2 Å². The molecule has 1 aromatic rings. The lowest BCUT2D eigenvalue weighted by Crippen LogP contribution is -2.22. The normalized spacial score (nSPS) is 9.33. The van der Waals surface area contributed by atoms with Crippen molar-refractivity contribution >= 4 is 17.6 Å². The number of amidine groups is 1. The van der Waals surface area contributed by atoms with Crippen molar-refractivity contribution < 1.29 is 0 Å². The standard InChI is InChI=1S/C5H9N7/c6-3(7)4-10-1-2(11-4)12-5(8)9/h1H,(H3,6,7)(H,10,11)(H4,8,9,12). The van der Waals surface area contributed by atoms with Gasteiger partial charge in [-0.1, -0.05) is 0 Å². The molecule has 0 aromatic carbocycles. The SMILES string of the molecule is N=C(N)c1ncc(N=C(N)N)[nH]1. The van der Waals surface area contributed by atoms with E-state index < -0.39 is 0 Å². The zero-order valence-corrected chi connectivity index (χ0v) is 6.20. The zero-order chi connectivity index (χ0) is 9.14. The van der Waals surface area contributed by atoms with Crippen LogP contribution in [0.4, 0.5) is 5.82 Å². The van der Waals surface area contributed by atoms with Crippen LogP contribution in [0.15, 0.2) is 11.2 Å². The highest BCUT2D eigenvalue weighted by atomic mass is 15.1. The third kappa shape index (κ3) is 1.72. The molecule has 0 radical (unpaired) electrons. The predicted molar refractivity (Wildman–Crippen MR) is 45.1 cm³/mol. The average Bonchev–Trinajstić information content (AvgIpc) is 2.34. The van der Waals surface area contributed by atoms with Gasteiger partial charge in [0.25, 0.3) is 0 Å². The molecule has 0 unspecified atom stereocenters. The van der Waals surface area contributed by atoms with Crippen molar-refractivity contribution in [2.75, 3.05) is 0 Å². The maximum atomic E-state index is 7.00. The van der Waals surface area contributed by atoms with E-state index >= 15 is 0 Å². The van der Waals surface area contributed by atoms with Crippen LogP contribution in [-0.2, 0) is 0 Å². The minimum atomic E-state index is -0.160. The zero-order valence-electron chi connectivity index (χ0n) is 6.20. The molecule has 7 nitrogen and oxygen atoms in total. The number of rotatable bonds is 2. The van der Waals surface area contributed by atoms with Gasteiger partial charge in [0, 0.05) is 0 Å². The Kier molecular flexibility index (Phi) is 1.95. The largest absolute Gasteiger partial charge is 0.381 e. The topological polar surface area (TPSA) is 143 Å². The minimum absolute atomic E-state index is 0.0752. The Labute approximate surface area is 68.2 Å². The second kappa shape index (κ2) is 2.91. The van der Waals surface area contributed by atoms with E-state index in [-0.39, 0.29) is 17.6 Å². The summed E-state index contributed by atoms with van der Waals surface area (Å²) in [5, 5.41) is 7.00. The third-order valence-electron chi connectivity index (χ3n) is 1.07. The maximum absolute atomic E-state index is 7.00. The molecule has 0 bridgehead atoms. The van der Waals surface area contributed by atoms with Crippen LogP contribution in [0.2, 0.25) is 0 Å². The molecule has 0 aliphatic heterocycles. The maximum Gasteiger partial charge on any atom is 0.192 e. The third-order valence-corrected chi connectivity index (χ3v) is 1.07. The molecule has 8 N–H and O–H groups in total. The van der Waals surface area contributed by atoms with Crippen LogP contribution in [0.3, 0.4) is 0 Å². The molecule has 0 aliphatic carbocycles.